The van der Waals surface area contributed by atoms with E-state index in [1.54, 1.807) is 33.4 Å². The molecule has 0 aliphatic carbocycles. The van der Waals surface area contributed by atoms with Gasteiger partial charge in [0, 0.05) is 31.4 Å². The van der Waals surface area contributed by atoms with Crippen LogP contribution in [0.15, 0.2) is 35.5 Å². The quantitative estimate of drug-likeness (QED) is 0.835. The molecule has 1 aromatic heterocycles. The van der Waals surface area contributed by atoms with Crippen molar-refractivity contribution in [3.8, 4) is 11.5 Å². The number of fused-ring (bicyclic) bond motifs is 1. The molecule has 8 heteroatoms. The molecule has 25 heavy (non-hydrogen) atoms. The van der Waals surface area contributed by atoms with E-state index in [4.69, 9.17) is 9.47 Å². The van der Waals surface area contributed by atoms with Crippen LogP contribution in [0.5, 0.6) is 11.5 Å². The molecular weight excluding hydrogens is 342 g/mol. The predicted molar refractivity (Wildman–Crippen MR) is 91.1 cm³/mol. The monoisotopic (exact) mass is 363 g/mol. The average Bonchev–Trinajstić information content (AvgIpc) is 3.07. The van der Waals surface area contributed by atoms with Crippen LogP contribution in [0.4, 0.5) is 0 Å². The second-order valence-electron chi connectivity index (χ2n) is 6.38. The van der Waals surface area contributed by atoms with Gasteiger partial charge >= 0.3 is 0 Å². The van der Waals surface area contributed by atoms with E-state index >= 15 is 0 Å². The molecule has 0 saturated carbocycles. The first-order valence-corrected chi connectivity index (χ1v) is 9.90. The maximum Gasteiger partial charge on any atom is 0.243 e. The number of hydrogen-bond donors (Lipinski definition) is 0. The molecule has 0 amide bonds. The lowest BCUT2D eigenvalue weighted by atomic mass is 10.0. The molecule has 0 unspecified atom stereocenters. The Hall–Kier alpha value is -2.06. The number of sulfonamides is 1. The third-order valence-corrected chi connectivity index (χ3v) is 6.59. The molecule has 7 nitrogen and oxygen atoms in total. The smallest absolute Gasteiger partial charge is 0.243 e. The standard InChI is InChI=1S/C17H21N3O4S/c1-19-12-13(11-18-19)15-4-2-3-7-20(15)25(21,22)14-5-6-16-17(10-14)24-9-8-23-16/h5-6,10-12,15H,2-4,7-9H2,1H3/t15-/m0/s1. The van der Waals surface area contributed by atoms with Crippen LogP contribution < -0.4 is 9.47 Å². The van der Waals surface area contributed by atoms with Gasteiger partial charge in [-0.25, -0.2) is 8.42 Å². The van der Waals surface area contributed by atoms with Crippen molar-refractivity contribution < 1.29 is 17.9 Å². The molecule has 2 aliphatic heterocycles. The number of benzene rings is 1. The largest absolute Gasteiger partial charge is 0.486 e. The van der Waals surface area contributed by atoms with Crippen molar-refractivity contribution in [2.45, 2.75) is 30.2 Å². The highest BCUT2D eigenvalue weighted by Crippen LogP contribution is 2.38. The Bertz CT molecular complexity index is 878. The van der Waals surface area contributed by atoms with Crippen molar-refractivity contribution >= 4 is 10.0 Å². The summed E-state index contributed by atoms with van der Waals surface area (Å²) in [7, 11) is -1.78. The lowest BCUT2D eigenvalue weighted by Crippen LogP contribution is -2.38. The molecular formula is C17H21N3O4S. The summed E-state index contributed by atoms with van der Waals surface area (Å²) in [6.45, 7) is 1.42. The number of piperidine rings is 1. The van der Waals surface area contributed by atoms with Crippen LogP contribution in [0, 0.1) is 0 Å². The van der Waals surface area contributed by atoms with Crippen molar-refractivity contribution in [1.29, 1.82) is 0 Å². The van der Waals surface area contributed by atoms with Crippen molar-refractivity contribution in [3.05, 3.63) is 36.2 Å². The Morgan fingerprint density at radius 3 is 2.72 bits per heavy atom. The molecule has 1 atom stereocenters. The minimum absolute atomic E-state index is 0.180. The second kappa shape index (κ2) is 6.34. The molecule has 1 saturated heterocycles. The predicted octanol–water partition coefficient (Wildman–Crippen LogP) is 2.11. The molecule has 4 rings (SSSR count). The van der Waals surface area contributed by atoms with Crippen LogP contribution >= 0.6 is 0 Å². The van der Waals surface area contributed by atoms with Crippen LogP contribution in [0.3, 0.4) is 0 Å². The fourth-order valence-corrected chi connectivity index (χ4v) is 5.16. The summed E-state index contributed by atoms with van der Waals surface area (Å²) in [6.07, 6.45) is 6.31. The van der Waals surface area contributed by atoms with E-state index in [2.05, 4.69) is 5.10 Å². The van der Waals surface area contributed by atoms with Gasteiger partial charge in [-0.15, -0.1) is 0 Å². The number of aryl methyl sites for hydroxylation is 1. The van der Waals surface area contributed by atoms with Crippen molar-refractivity contribution in [2.75, 3.05) is 19.8 Å². The topological polar surface area (TPSA) is 73.7 Å². The summed E-state index contributed by atoms with van der Waals surface area (Å²) in [6, 6.07) is 4.65. The zero-order chi connectivity index (χ0) is 17.4. The van der Waals surface area contributed by atoms with E-state index in [9.17, 15) is 8.42 Å². The van der Waals surface area contributed by atoms with Gasteiger partial charge in [-0.05, 0) is 25.0 Å². The van der Waals surface area contributed by atoms with E-state index in [-0.39, 0.29) is 10.9 Å². The third kappa shape index (κ3) is 3.00. The molecule has 3 heterocycles. The number of ether oxygens (including phenoxy) is 2. The van der Waals surface area contributed by atoms with Gasteiger partial charge in [0.2, 0.25) is 10.0 Å². The zero-order valence-electron chi connectivity index (χ0n) is 14.1. The fraction of sp³-hybridized carbons (Fsp3) is 0.471. The summed E-state index contributed by atoms with van der Waals surface area (Å²) in [5, 5.41) is 4.20. The maximum absolute atomic E-state index is 13.3. The number of nitrogens with zero attached hydrogens (tertiary/aromatic N) is 3. The molecule has 0 spiro atoms. The Labute approximate surface area is 147 Å². The molecule has 0 radical (unpaired) electrons. The van der Waals surface area contributed by atoms with Gasteiger partial charge in [-0.1, -0.05) is 6.42 Å². The first-order chi connectivity index (χ1) is 12.1. The van der Waals surface area contributed by atoms with Crippen LogP contribution in [-0.4, -0.2) is 42.3 Å². The van der Waals surface area contributed by atoms with E-state index in [0.29, 0.717) is 31.3 Å². The first kappa shape index (κ1) is 16.4. The minimum atomic E-state index is -3.62. The van der Waals surface area contributed by atoms with Gasteiger partial charge in [0.25, 0.3) is 0 Å². The maximum atomic E-state index is 13.3. The Kier molecular flexibility index (Phi) is 4.16. The molecule has 1 fully saturated rings. The molecule has 1 aromatic carbocycles. The van der Waals surface area contributed by atoms with E-state index in [1.807, 2.05) is 13.2 Å². The molecule has 2 aromatic rings. The minimum Gasteiger partial charge on any atom is -0.486 e. The van der Waals surface area contributed by atoms with Gasteiger partial charge in [-0.2, -0.15) is 9.40 Å². The van der Waals surface area contributed by atoms with Crippen molar-refractivity contribution in [3.63, 3.8) is 0 Å². The second-order valence-corrected chi connectivity index (χ2v) is 8.27. The lowest BCUT2D eigenvalue weighted by Gasteiger charge is -2.34. The van der Waals surface area contributed by atoms with Gasteiger partial charge in [0.05, 0.1) is 17.1 Å². The van der Waals surface area contributed by atoms with E-state index in [0.717, 1.165) is 24.8 Å². The highest BCUT2D eigenvalue weighted by molar-refractivity contribution is 7.89. The zero-order valence-corrected chi connectivity index (χ0v) is 14.9. The van der Waals surface area contributed by atoms with Crippen LogP contribution in [0.25, 0.3) is 0 Å². The SMILES string of the molecule is Cn1cc([C@@H]2CCCCN2S(=O)(=O)c2ccc3c(c2)OCCO3)cn1. The van der Waals surface area contributed by atoms with Crippen LogP contribution in [-0.2, 0) is 17.1 Å². The Morgan fingerprint density at radius 2 is 1.96 bits per heavy atom. The summed E-state index contributed by atoms with van der Waals surface area (Å²) < 4.78 is 40.9. The first-order valence-electron chi connectivity index (χ1n) is 8.46. The highest BCUT2D eigenvalue weighted by Gasteiger charge is 2.35. The fourth-order valence-electron chi connectivity index (χ4n) is 3.46. The Morgan fingerprint density at radius 1 is 1.16 bits per heavy atom. The number of aromatic nitrogens is 2. The average molecular weight is 363 g/mol. The Balaban J connectivity index is 1.70. The lowest BCUT2D eigenvalue weighted by molar-refractivity contribution is 0.171. The van der Waals surface area contributed by atoms with E-state index in [1.165, 1.54) is 0 Å². The van der Waals surface area contributed by atoms with Gasteiger partial charge in [0.1, 0.15) is 13.2 Å². The summed E-state index contributed by atoms with van der Waals surface area (Å²) in [5.41, 5.74) is 0.934. The normalized spacial score (nSPS) is 21.2. The summed E-state index contributed by atoms with van der Waals surface area (Å²) >= 11 is 0. The van der Waals surface area contributed by atoms with Crippen molar-refractivity contribution in [1.82, 2.24) is 14.1 Å². The summed E-state index contributed by atoms with van der Waals surface area (Å²) in [5.74, 6) is 1.08. The molecule has 134 valence electrons. The van der Waals surface area contributed by atoms with Crippen LogP contribution in [0.1, 0.15) is 30.9 Å². The molecule has 2 aliphatic rings. The summed E-state index contributed by atoms with van der Waals surface area (Å²) in [4.78, 5) is 0.243. The van der Waals surface area contributed by atoms with Crippen molar-refractivity contribution in [2.24, 2.45) is 7.05 Å². The van der Waals surface area contributed by atoms with E-state index < -0.39 is 10.0 Å². The number of rotatable bonds is 3. The van der Waals surface area contributed by atoms with Gasteiger partial charge < -0.3 is 9.47 Å². The van der Waals surface area contributed by atoms with Gasteiger partial charge in [0.15, 0.2) is 11.5 Å². The third-order valence-electron chi connectivity index (χ3n) is 4.68. The molecule has 0 N–H and O–H groups in total. The van der Waals surface area contributed by atoms with Gasteiger partial charge in [-0.3, -0.25) is 4.68 Å². The molecule has 0 bridgehead atoms. The van der Waals surface area contributed by atoms with Crippen LogP contribution in [0.2, 0.25) is 0 Å². The number of hydrogen-bond acceptors (Lipinski definition) is 5. The highest BCUT2D eigenvalue weighted by atomic mass is 32.2.